The van der Waals surface area contributed by atoms with E-state index in [4.69, 9.17) is 4.74 Å². The Kier molecular flexibility index (Phi) is 7.04. The van der Waals surface area contributed by atoms with Crippen LogP contribution in [0.4, 0.5) is 17.6 Å². The highest BCUT2D eigenvalue weighted by molar-refractivity contribution is 5.80. The van der Waals surface area contributed by atoms with Gasteiger partial charge < -0.3 is 15.0 Å². The topological polar surface area (TPSA) is 36.9 Å². The van der Waals surface area contributed by atoms with E-state index in [2.05, 4.69) is 10.3 Å². The molecule has 8 heteroatoms. The van der Waals surface area contributed by atoms with Gasteiger partial charge in [0, 0.05) is 19.6 Å². The molecule has 25 heavy (non-hydrogen) atoms. The number of hydrogen-bond donors (Lipinski definition) is 1. The fraction of sp³-hybridized carbons (Fsp3) is 0.588. The molecule has 0 radical (unpaired) electrons. The summed E-state index contributed by atoms with van der Waals surface area (Å²) >= 11 is 0. The highest BCUT2D eigenvalue weighted by Gasteiger charge is 2.32. The van der Waals surface area contributed by atoms with Crippen molar-refractivity contribution < 1.29 is 22.3 Å². The van der Waals surface area contributed by atoms with Crippen LogP contribution in [0.25, 0.3) is 0 Å². The molecule has 0 saturated carbocycles. The van der Waals surface area contributed by atoms with E-state index in [1.54, 1.807) is 6.07 Å². The lowest BCUT2D eigenvalue weighted by Gasteiger charge is -2.35. The van der Waals surface area contributed by atoms with Crippen molar-refractivity contribution in [3.8, 4) is 0 Å². The Bertz CT molecular complexity index is 577. The second kappa shape index (κ2) is 9.03. The average Bonchev–Trinajstić information content (AvgIpc) is 2.61. The summed E-state index contributed by atoms with van der Waals surface area (Å²) in [6.07, 6.45) is -4.51. The molecular weight excluding hydrogens is 338 g/mol. The molecular formula is C17H23F4N3O. The van der Waals surface area contributed by atoms with E-state index in [-0.39, 0.29) is 0 Å². The molecule has 140 valence electrons. The Morgan fingerprint density at radius 2 is 2.20 bits per heavy atom. The third-order valence-corrected chi connectivity index (χ3v) is 3.84. The van der Waals surface area contributed by atoms with Crippen LogP contribution in [-0.4, -0.2) is 50.3 Å². The van der Waals surface area contributed by atoms with Gasteiger partial charge in [-0.2, -0.15) is 13.2 Å². The lowest BCUT2D eigenvalue weighted by molar-refractivity contribution is -0.137. The summed E-state index contributed by atoms with van der Waals surface area (Å²) in [6, 6.07) is 5.20. The summed E-state index contributed by atoms with van der Waals surface area (Å²) in [7, 11) is 0. The van der Waals surface area contributed by atoms with Crippen LogP contribution >= 0.6 is 0 Å². The number of nitrogens with one attached hydrogen (secondary N) is 1. The Balaban J connectivity index is 2.13. The second-order valence-electron chi connectivity index (χ2n) is 5.71. The zero-order valence-corrected chi connectivity index (χ0v) is 14.2. The minimum atomic E-state index is -4.38. The fourth-order valence-corrected chi connectivity index (χ4v) is 2.63. The van der Waals surface area contributed by atoms with Gasteiger partial charge in [-0.25, -0.2) is 0 Å². The first-order valence-corrected chi connectivity index (χ1v) is 8.33. The lowest BCUT2D eigenvalue weighted by Crippen LogP contribution is -2.48. The number of guanidine groups is 1. The molecule has 1 atom stereocenters. The molecule has 0 aliphatic carbocycles. The second-order valence-corrected chi connectivity index (χ2v) is 5.71. The molecule has 0 spiro atoms. The molecule has 1 heterocycles. The van der Waals surface area contributed by atoms with Gasteiger partial charge >= 0.3 is 6.18 Å². The number of aliphatic imine (C=N–C) groups is 1. The maximum Gasteiger partial charge on any atom is 0.416 e. The molecule has 1 aliphatic rings. The van der Waals surface area contributed by atoms with Crippen LogP contribution < -0.4 is 5.32 Å². The van der Waals surface area contributed by atoms with Crippen LogP contribution in [0.2, 0.25) is 0 Å². The average molecular weight is 361 g/mol. The Hall–Kier alpha value is -1.83. The highest BCUT2D eigenvalue weighted by atomic mass is 19.4. The molecule has 0 aromatic heterocycles. The monoisotopic (exact) mass is 361 g/mol. The van der Waals surface area contributed by atoms with Crippen molar-refractivity contribution in [1.82, 2.24) is 10.2 Å². The van der Waals surface area contributed by atoms with Gasteiger partial charge in [0.05, 0.1) is 25.4 Å². The van der Waals surface area contributed by atoms with E-state index < -0.39 is 24.5 Å². The van der Waals surface area contributed by atoms with Crippen molar-refractivity contribution >= 4 is 5.96 Å². The van der Waals surface area contributed by atoms with Gasteiger partial charge in [-0.15, -0.1) is 0 Å². The van der Waals surface area contributed by atoms with E-state index in [1.807, 2.05) is 11.8 Å². The van der Waals surface area contributed by atoms with Gasteiger partial charge in [0.25, 0.3) is 0 Å². The molecule has 1 fully saturated rings. The first kappa shape index (κ1) is 19.5. The Labute approximate surface area is 144 Å². The van der Waals surface area contributed by atoms with Crippen LogP contribution in [-0.2, 0) is 10.9 Å². The largest absolute Gasteiger partial charge is 0.416 e. The molecule has 1 unspecified atom stereocenters. The van der Waals surface area contributed by atoms with Gasteiger partial charge in [0.15, 0.2) is 5.96 Å². The number of hydrogen-bond acceptors (Lipinski definition) is 2. The van der Waals surface area contributed by atoms with Crippen LogP contribution in [0.1, 0.15) is 30.6 Å². The van der Waals surface area contributed by atoms with Crippen molar-refractivity contribution in [2.24, 2.45) is 4.99 Å². The Morgan fingerprint density at radius 3 is 2.88 bits per heavy atom. The Morgan fingerprint density at radius 1 is 1.40 bits per heavy atom. The van der Waals surface area contributed by atoms with Gasteiger partial charge in [0.2, 0.25) is 0 Å². The maximum absolute atomic E-state index is 12.9. The van der Waals surface area contributed by atoms with Gasteiger partial charge in [0.1, 0.15) is 6.10 Å². The van der Waals surface area contributed by atoms with Crippen molar-refractivity contribution in [2.75, 3.05) is 39.5 Å². The summed E-state index contributed by atoms with van der Waals surface area (Å²) in [5.74, 6) is 0.635. The summed E-state index contributed by atoms with van der Waals surface area (Å²) in [5, 5.41) is 3.14. The van der Waals surface area contributed by atoms with E-state index in [0.717, 1.165) is 12.1 Å². The zero-order chi connectivity index (χ0) is 18.3. The molecule has 0 bridgehead atoms. The van der Waals surface area contributed by atoms with Crippen molar-refractivity contribution in [2.45, 2.75) is 25.6 Å². The minimum absolute atomic E-state index is 0.344. The number of nitrogens with zero attached hydrogens (tertiary/aromatic N) is 2. The molecule has 2 rings (SSSR count). The molecule has 4 nitrogen and oxygen atoms in total. The molecule has 1 saturated heterocycles. The number of alkyl halides is 4. The predicted molar refractivity (Wildman–Crippen MR) is 88.3 cm³/mol. The van der Waals surface area contributed by atoms with Crippen LogP contribution in [0.5, 0.6) is 0 Å². The molecule has 1 N–H and O–H groups in total. The van der Waals surface area contributed by atoms with E-state index in [9.17, 15) is 17.6 Å². The summed E-state index contributed by atoms with van der Waals surface area (Å²) in [6.45, 7) is 3.87. The third kappa shape index (κ3) is 5.59. The normalized spacial score (nSPS) is 19.2. The molecule has 1 aromatic carbocycles. The third-order valence-electron chi connectivity index (χ3n) is 3.84. The summed E-state index contributed by atoms with van der Waals surface area (Å²) in [4.78, 5) is 6.31. The first-order valence-electron chi connectivity index (χ1n) is 8.33. The van der Waals surface area contributed by atoms with Crippen LogP contribution in [0, 0.1) is 0 Å². The first-order chi connectivity index (χ1) is 12.0. The van der Waals surface area contributed by atoms with E-state index >= 15 is 0 Å². The lowest BCUT2D eigenvalue weighted by atomic mass is 10.0. The molecule has 1 aliphatic heterocycles. The highest BCUT2D eigenvalue weighted by Crippen LogP contribution is 2.32. The number of ether oxygens (including phenoxy) is 1. The van der Waals surface area contributed by atoms with Crippen molar-refractivity contribution in [3.05, 3.63) is 35.4 Å². The van der Waals surface area contributed by atoms with Crippen LogP contribution in [0.3, 0.4) is 0 Å². The van der Waals surface area contributed by atoms with Crippen molar-refractivity contribution in [3.63, 3.8) is 0 Å². The summed E-state index contributed by atoms with van der Waals surface area (Å²) in [5.41, 5.74) is -0.201. The fourth-order valence-electron chi connectivity index (χ4n) is 2.63. The SMILES string of the molecule is CCNC(=NCCCF)N1CCOC(c2cccc(C(F)(F)F)c2)C1. The molecule has 0 amide bonds. The number of halogens is 4. The van der Waals surface area contributed by atoms with Crippen molar-refractivity contribution in [1.29, 1.82) is 0 Å². The van der Waals surface area contributed by atoms with Crippen LogP contribution in [0.15, 0.2) is 29.3 Å². The van der Waals surface area contributed by atoms with E-state index in [0.29, 0.717) is 50.7 Å². The predicted octanol–water partition coefficient (Wildman–Crippen LogP) is 3.40. The standard InChI is InChI=1S/C17H23F4N3O/c1-2-22-16(23-8-4-7-18)24-9-10-25-15(12-24)13-5-3-6-14(11-13)17(19,20)21/h3,5-6,11,15H,2,4,7-10,12H2,1H3,(H,22,23). The van der Waals surface area contributed by atoms with Gasteiger partial charge in [-0.3, -0.25) is 9.38 Å². The summed E-state index contributed by atoms with van der Waals surface area (Å²) < 4.78 is 56.6. The molecule has 1 aromatic rings. The number of benzene rings is 1. The van der Waals surface area contributed by atoms with Gasteiger partial charge in [-0.1, -0.05) is 12.1 Å². The van der Waals surface area contributed by atoms with E-state index in [1.165, 1.54) is 6.07 Å². The number of morpholine rings is 1. The smallest absolute Gasteiger partial charge is 0.370 e. The zero-order valence-electron chi connectivity index (χ0n) is 14.2. The minimum Gasteiger partial charge on any atom is -0.370 e. The van der Waals surface area contributed by atoms with Gasteiger partial charge in [-0.05, 0) is 31.0 Å². The maximum atomic E-state index is 12.9. The quantitative estimate of drug-likeness (QED) is 0.378. The number of rotatable bonds is 5.